The Balaban J connectivity index is 0.000000532. The topological polar surface area (TPSA) is 174 Å². The third-order valence-corrected chi connectivity index (χ3v) is 5.70. The predicted octanol–water partition coefficient (Wildman–Crippen LogP) is 3.33. The van der Waals surface area contributed by atoms with Gasteiger partial charge in [-0.1, -0.05) is 0 Å². The van der Waals surface area contributed by atoms with Gasteiger partial charge in [0.15, 0.2) is 0 Å². The van der Waals surface area contributed by atoms with Crippen LogP contribution in [-0.4, -0.2) is 62.6 Å². The predicted molar refractivity (Wildman–Crippen MR) is 133 cm³/mol. The first-order valence-corrected chi connectivity index (χ1v) is 11.7. The van der Waals surface area contributed by atoms with Crippen molar-refractivity contribution in [3.05, 3.63) is 48.3 Å². The number of carbonyl (C=O) groups is 3. The lowest BCUT2D eigenvalue weighted by molar-refractivity contribution is -0.192. The molecule has 0 unspecified atom stereocenters. The molecule has 2 amide bonds. The molecule has 11 nitrogen and oxygen atoms in total. The highest BCUT2D eigenvalue weighted by atomic mass is 19.4. The lowest BCUT2D eigenvalue weighted by Crippen LogP contribution is -2.46. The van der Waals surface area contributed by atoms with Gasteiger partial charge in [-0.05, 0) is 49.1 Å². The van der Waals surface area contributed by atoms with E-state index >= 15 is 0 Å². The molecule has 0 aliphatic carbocycles. The lowest BCUT2D eigenvalue weighted by atomic mass is 10.0. The number of amides is 2. The Labute approximate surface area is 220 Å². The van der Waals surface area contributed by atoms with Crippen LogP contribution in [0, 0.1) is 11.3 Å². The summed E-state index contributed by atoms with van der Waals surface area (Å²) in [5, 5.41) is 19.9. The zero-order valence-electron chi connectivity index (χ0n) is 20.7. The maximum absolute atomic E-state index is 12.8. The van der Waals surface area contributed by atoms with Crippen molar-refractivity contribution in [1.82, 2.24) is 14.9 Å². The largest absolute Gasteiger partial charge is 0.490 e. The Hall–Kier alpha value is -4.64. The molecule has 0 radical (unpaired) electrons. The number of nitrogens with two attached hydrogens (primary N) is 1. The highest BCUT2D eigenvalue weighted by Gasteiger charge is 2.38. The summed E-state index contributed by atoms with van der Waals surface area (Å²) in [5.74, 6) is -2.15. The van der Waals surface area contributed by atoms with E-state index in [-0.39, 0.29) is 17.9 Å². The first-order valence-electron chi connectivity index (χ1n) is 11.7. The molecule has 1 aromatic carbocycles. The Morgan fingerprint density at radius 3 is 2.64 bits per heavy atom. The number of nitriles is 1. The van der Waals surface area contributed by atoms with E-state index in [1.165, 1.54) is 13.1 Å². The molecule has 0 spiro atoms. The molecular weight excluding hydrogens is 521 g/mol. The van der Waals surface area contributed by atoms with Crippen LogP contribution in [0.3, 0.4) is 0 Å². The van der Waals surface area contributed by atoms with E-state index < -0.39 is 18.2 Å². The minimum absolute atomic E-state index is 0.171. The van der Waals surface area contributed by atoms with Crippen LogP contribution < -0.4 is 15.8 Å². The van der Waals surface area contributed by atoms with Crippen molar-refractivity contribution in [1.29, 1.82) is 5.26 Å². The number of aliphatic carboxylic acids is 1. The summed E-state index contributed by atoms with van der Waals surface area (Å²) < 4.78 is 37.6. The van der Waals surface area contributed by atoms with Gasteiger partial charge in [0.2, 0.25) is 17.7 Å². The van der Waals surface area contributed by atoms with Gasteiger partial charge in [0.25, 0.3) is 0 Å². The van der Waals surface area contributed by atoms with Gasteiger partial charge in [0.1, 0.15) is 11.8 Å². The number of carboxylic acids is 1. The minimum Gasteiger partial charge on any atom is -0.475 e. The molecule has 5 N–H and O–H groups in total. The fourth-order valence-electron chi connectivity index (χ4n) is 3.93. The first kappa shape index (κ1) is 28.9. The van der Waals surface area contributed by atoms with E-state index in [4.69, 9.17) is 20.4 Å². The zero-order chi connectivity index (χ0) is 28.7. The monoisotopic (exact) mass is 546 g/mol. The number of fused-ring (bicyclic) bond motifs is 1. The van der Waals surface area contributed by atoms with Crippen molar-refractivity contribution in [3.63, 3.8) is 0 Å². The molecule has 4 rings (SSSR count). The van der Waals surface area contributed by atoms with E-state index in [0.717, 1.165) is 22.9 Å². The fourth-order valence-corrected chi connectivity index (χ4v) is 3.93. The molecule has 206 valence electrons. The Kier molecular flexibility index (Phi) is 9.10. The van der Waals surface area contributed by atoms with E-state index in [1.807, 2.05) is 24.4 Å². The molecule has 3 aromatic rings. The Bertz CT molecular complexity index is 1380. The second-order valence-electron chi connectivity index (χ2n) is 8.62. The average molecular weight is 547 g/mol. The number of alkyl halides is 3. The van der Waals surface area contributed by atoms with Crippen molar-refractivity contribution in [2.75, 3.05) is 11.9 Å². The van der Waals surface area contributed by atoms with Crippen LogP contribution in [0.4, 0.5) is 18.9 Å². The van der Waals surface area contributed by atoms with Crippen molar-refractivity contribution in [3.8, 4) is 17.7 Å². The summed E-state index contributed by atoms with van der Waals surface area (Å²) >= 11 is 0. The van der Waals surface area contributed by atoms with Crippen molar-refractivity contribution < 1.29 is 37.4 Å². The molecule has 2 atom stereocenters. The molecule has 2 aromatic heterocycles. The van der Waals surface area contributed by atoms with Crippen molar-refractivity contribution >= 4 is 34.4 Å². The minimum atomic E-state index is -5.08. The number of nitrogens with zero attached hydrogens (tertiary/aromatic N) is 3. The van der Waals surface area contributed by atoms with Crippen molar-refractivity contribution in [2.24, 2.45) is 5.73 Å². The first-order chi connectivity index (χ1) is 18.4. The van der Waals surface area contributed by atoms with Gasteiger partial charge >= 0.3 is 12.1 Å². The highest BCUT2D eigenvalue weighted by molar-refractivity contribution is 5.88. The van der Waals surface area contributed by atoms with E-state index in [0.29, 0.717) is 36.7 Å². The number of benzene rings is 1. The molecule has 0 bridgehead atoms. The number of hydrogen-bond donors (Lipinski definition) is 4. The van der Waals surface area contributed by atoms with E-state index in [2.05, 4.69) is 21.4 Å². The number of pyridine rings is 1. The lowest BCUT2D eigenvalue weighted by Gasteiger charge is -2.23. The number of carboxylic acid groups (broad SMARTS) is 1. The van der Waals surface area contributed by atoms with Crippen molar-refractivity contribution in [2.45, 2.75) is 44.4 Å². The number of nitrogens with one attached hydrogen (secondary N) is 2. The molecule has 14 heteroatoms. The molecule has 1 fully saturated rings. The number of rotatable bonds is 6. The number of aromatic amines is 1. The Morgan fingerprint density at radius 1 is 1.33 bits per heavy atom. The molecule has 3 heterocycles. The van der Waals surface area contributed by atoms with Gasteiger partial charge in [-0.25, -0.2) is 9.78 Å². The van der Waals surface area contributed by atoms with Crippen LogP contribution in [0.2, 0.25) is 0 Å². The summed E-state index contributed by atoms with van der Waals surface area (Å²) in [6.45, 7) is 2.00. The van der Waals surface area contributed by atoms with Crippen LogP contribution in [0.5, 0.6) is 11.6 Å². The molecule has 39 heavy (non-hydrogen) atoms. The van der Waals surface area contributed by atoms with Crippen LogP contribution >= 0.6 is 0 Å². The number of aromatic nitrogens is 2. The number of halogens is 3. The van der Waals surface area contributed by atoms with E-state index in [1.54, 1.807) is 17.0 Å². The number of likely N-dealkylation sites (tertiary alicyclic amines) is 1. The summed E-state index contributed by atoms with van der Waals surface area (Å²) in [4.78, 5) is 41.8. The van der Waals surface area contributed by atoms with Crippen LogP contribution in [0.15, 0.2) is 42.7 Å². The number of H-pyrrole nitrogens is 1. The van der Waals surface area contributed by atoms with Gasteiger partial charge in [-0.15, -0.1) is 0 Å². The molecule has 0 saturated carbocycles. The number of anilines is 1. The second kappa shape index (κ2) is 12.3. The van der Waals surface area contributed by atoms with Gasteiger partial charge < -0.3 is 30.8 Å². The number of carbonyl (C=O) groups excluding carboxylic acids is 2. The maximum atomic E-state index is 12.8. The zero-order valence-corrected chi connectivity index (χ0v) is 20.7. The highest BCUT2D eigenvalue weighted by Crippen LogP contribution is 2.28. The Morgan fingerprint density at radius 2 is 2.05 bits per heavy atom. The second-order valence-corrected chi connectivity index (χ2v) is 8.62. The van der Waals surface area contributed by atoms with Gasteiger partial charge in [-0.3, -0.25) is 9.59 Å². The number of ether oxygens (including phenoxy) is 1. The van der Waals surface area contributed by atoms with Gasteiger partial charge in [-0.2, -0.15) is 18.4 Å². The number of hydrogen-bond acceptors (Lipinski definition) is 7. The molecule has 1 aliphatic heterocycles. The normalized spacial score (nSPS) is 15.6. The summed E-state index contributed by atoms with van der Waals surface area (Å²) in [5.41, 5.74) is 8.60. The van der Waals surface area contributed by atoms with Gasteiger partial charge in [0.05, 0.1) is 24.0 Å². The fraction of sp³-hybridized carbons (Fsp3) is 0.320. The van der Waals surface area contributed by atoms with Crippen LogP contribution in [0.1, 0.15) is 25.3 Å². The smallest absolute Gasteiger partial charge is 0.475 e. The van der Waals surface area contributed by atoms with E-state index in [9.17, 15) is 28.0 Å². The molecular formula is C25H25F3N6O5. The third kappa shape index (κ3) is 7.68. The van der Waals surface area contributed by atoms with Crippen LogP contribution in [0.25, 0.3) is 10.9 Å². The third-order valence-electron chi connectivity index (χ3n) is 5.70. The molecule has 1 aliphatic rings. The summed E-state index contributed by atoms with van der Waals surface area (Å²) in [7, 11) is 0. The van der Waals surface area contributed by atoms with Gasteiger partial charge in [0, 0.05) is 36.6 Å². The van der Waals surface area contributed by atoms with Crippen LogP contribution in [-0.2, 0) is 20.8 Å². The average Bonchev–Trinajstić information content (AvgIpc) is 3.51. The maximum Gasteiger partial charge on any atom is 0.490 e. The summed E-state index contributed by atoms with van der Waals surface area (Å²) in [6.07, 6.45) is 0.149. The quantitative estimate of drug-likeness (QED) is 0.364. The SMILES string of the molecule is CC(=O)Nc1ccc(Oc2ccc3[nH]cc(C[C@H](N)C(=O)N4CCC[C@H]4C#N)c3c2)nc1.O=C(O)C(F)(F)F. The standard InChI is InChI=1S/C23H24N6O3.C2HF3O2/c1-14(30)28-16-4-7-22(27-13-16)32-18-5-6-21-19(10-18)15(12-26-21)9-20(25)23(31)29-8-2-3-17(29)11-24;3-2(4,5)1(6)7/h4-7,10,12-13,17,20,26H,2-3,8-9,25H2,1H3,(H,28,30);(H,6,7)/t17-,20-;/m0./s1. The molecule has 1 saturated heterocycles. The summed E-state index contributed by atoms with van der Waals surface area (Å²) in [6, 6.07) is 10.0.